The summed E-state index contributed by atoms with van der Waals surface area (Å²) in [7, 11) is 4.83. The van der Waals surface area contributed by atoms with Gasteiger partial charge in [-0.25, -0.2) is 14.0 Å². The Bertz CT molecular complexity index is 993. The Morgan fingerprint density at radius 2 is 1.32 bits per heavy atom. The maximum absolute atomic E-state index is 13.1. The largest absolute Gasteiger partial charge is 0.496 e. The topological polar surface area (TPSA) is 126 Å². The van der Waals surface area contributed by atoms with Crippen LogP contribution in [-0.2, 0) is 16.1 Å². The number of carboxylic acid groups (broad SMARTS) is 2. The molecular formula is C23H27FN2O8. The standard InChI is InChI=1S/C21H25FN2O4.C2H2O4/c1-26-18-13-20(28-3)19(27-2)12-16(18)14-23-8-10-24(11-9-23)21(25)15-4-6-17(22)7-5-15;3-1(4)2(5)6/h4-7,12-13H,8-11,14H2,1-3H3;(H,3,4)(H,5,6). The van der Waals surface area contributed by atoms with Crippen LogP contribution >= 0.6 is 0 Å². The molecule has 11 heteroatoms. The number of piperazine rings is 1. The minimum absolute atomic E-state index is 0.0663. The Labute approximate surface area is 196 Å². The number of hydrogen-bond donors (Lipinski definition) is 2. The van der Waals surface area contributed by atoms with E-state index in [4.69, 9.17) is 34.0 Å². The summed E-state index contributed by atoms with van der Waals surface area (Å²) in [6, 6.07) is 9.42. The van der Waals surface area contributed by atoms with Gasteiger partial charge in [-0.05, 0) is 30.3 Å². The number of carbonyl (C=O) groups is 3. The number of halogens is 1. The first-order valence-corrected chi connectivity index (χ1v) is 10.2. The van der Waals surface area contributed by atoms with E-state index >= 15 is 0 Å². The van der Waals surface area contributed by atoms with Crippen LogP contribution in [0.3, 0.4) is 0 Å². The number of benzene rings is 2. The summed E-state index contributed by atoms with van der Waals surface area (Å²) in [5.41, 5.74) is 1.51. The zero-order chi connectivity index (χ0) is 25.3. The van der Waals surface area contributed by atoms with Crippen molar-refractivity contribution in [2.45, 2.75) is 6.54 Å². The molecule has 0 bridgehead atoms. The van der Waals surface area contributed by atoms with Crippen molar-refractivity contribution in [1.29, 1.82) is 0 Å². The number of rotatable bonds is 6. The second-order valence-electron chi connectivity index (χ2n) is 7.20. The highest BCUT2D eigenvalue weighted by Crippen LogP contribution is 2.35. The van der Waals surface area contributed by atoms with Gasteiger partial charge in [-0.2, -0.15) is 0 Å². The smallest absolute Gasteiger partial charge is 0.414 e. The van der Waals surface area contributed by atoms with Crippen LogP contribution in [0.15, 0.2) is 36.4 Å². The van der Waals surface area contributed by atoms with Gasteiger partial charge < -0.3 is 29.3 Å². The van der Waals surface area contributed by atoms with Gasteiger partial charge in [0.2, 0.25) is 0 Å². The third-order valence-corrected chi connectivity index (χ3v) is 5.11. The van der Waals surface area contributed by atoms with Crippen molar-refractivity contribution >= 4 is 17.8 Å². The van der Waals surface area contributed by atoms with Crippen LogP contribution in [-0.4, -0.2) is 85.4 Å². The van der Waals surface area contributed by atoms with Gasteiger partial charge in [0.25, 0.3) is 5.91 Å². The predicted molar refractivity (Wildman–Crippen MR) is 119 cm³/mol. The molecule has 0 aliphatic carbocycles. The van der Waals surface area contributed by atoms with Crippen molar-refractivity contribution in [1.82, 2.24) is 9.80 Å². The van der Waals surface area contributed by atoms with E-state index in [0.29, 0.717) is 36.7 Å². The second kappa shape index (κ2) is 12.4. The van der Waals surface area contributed by atoms with Gasteiger partial charge in [-0.3, -0.25) is 9.69 Å². The first kappa shape index (κ1) is 26.4. The van der Waals surface area contributed by atoms with Gasteiger partial charge in [-0.15, -0.1) is 0 Å². The molecule has 34 heavy (non-hydrogen) atoms. The van der Waals surface area contributed by atoms with E-state index in [0.717, 1.165) is 24.4 Å². The lowest BCUT2D eigenvalue weighted by atomic mass is 10.1. The summed E-state index contributed by atoms with van der Waals surface area (Å²) in [5.74, 6) is -2.04. The molecule has 2 N–H and O–H groups in total. The van der Waals surface area contributed by atoms with E-state index in [9.17, 15) is 9.18 Å². The Hall–Kier alpha value is -3.86. The number of carbonyl (C=O) groups excluding carboxylic acids is 1. The highest BCUT2D eigenvalue weighted by molar-refractivity contribution is 6.27. The van der Waals surface area contributed by atoms with Crippen LogP contribution < -0.4 is 14.2 Å². The molecular weight excluding hydrogens is 451 g/mol. The van der Waals surface area contributed by atoms with Crippen LogP contribution in [0.1, 0.15) is 15.9 Å². The van der Waals surface area contributed by atoms with Crippen molar-refractivity contribution in [3.05, 3.63) is 53.3 Å². The lowest BCUT2D eigenvalue weighted by Gasteiger charge is -2.35. The fourth-order valence-electron chi connectivity index (χ4n) is 3.34. The van der Waals surface area contributed by atoms with Gasteiger partial charge in [0.15, 0.2) is 11.5 Å². The van der Waals surface area contributed by atoms with E-state index < -0.39 is 11.9 Å². The highest BCUT2D eigenvalue weighted by atomic mass is 19.1. The Balaban J connectivity index is 0.000000604. The van der Waals surface area contributed by atoms with Gasteiger partial charge >= 0.3 is 11.9 Å². The average Bonchev–Trinajstić information content (AvgIpc) is 2.84. The van der Waals surface area contributed by atoms with Gasteiger partial charge in [-0.1, -0.05) is 0 Å². The molecule has 1 heterocycles. The first-order valence-electron chi connectivity index (χ1n) is 10.2. The van der Waals surface area contributed by atoms with E-state index in [1.807, 2.05) is 12.1 Å². The molecule has 0 spiro atoms. The molecule has 2 aromatic rings. The number of carboxylic acids is 2. The molecule has 0 radical (unpaired) electrons. The quantitative estimate of drug-likeness (QED) is 0.599. The Kier molecular flexibility index (Phi) is 9.62. The molecule has 1 fully saturated rings. The third kappa shape index (κ3) is 7.07. The molecule has 0 unspecified atom stereocenters. The SMILES string of the molecule is COc1cc(OC)c(OC)cc1CN1CCN(C(=O)c2ccc(F)cc2)CC1.O=C(O)C(=O)O. The summed E-state index contributed by atoms with van der Waals surface area (Å²) < 4.78 is 29.3. The highest BCUT2D eigenvalue weighted by Gasteiger charge is 2.23. The third-order valence-electron chi connectivity index (χ3n) is 5.11. The summed E-state index contributed by atoms with van der Waals surface area (Å²) in [5, 5.41) is 14.8. The molecule has 2 aromatic carbocycles. The van der Waals surface area contributed by atoms with Gasteiger partial charge in [0, 0.05) is 49.9 Å². The minimum atomic E-state index is -1.82. The van der Waals surface area contributed by atoms with Crippen molar-refractivity contribution in [2.75, 3.05) is 47.5 Å². The van der Waals surface area contributed by atoms with Crippen molar-refractivity contribution in [3.8, 4) is 17.2 Å². The van der Waals surface area contributed by atoms with Crippen LogP contribution in [0.2, 0.25) is 0 Å². The fraction of sp³-hybridized carbons (Fsp3) is 0.348. The summed E-state index contributed by atoms with van der Waals surface area (Å²) in [6.07, 6.45) is 0. The number of aliphatic carboxylic acids is 2. The maximum atomic E-state index is 13.1. The predicted octanol–water partition coefficient (Wildman–Crippen LogP) is 1.97. The van der Waals surface area contributed by atoms with Crippen LogP contribution in [0.25, 0.3) is 0 Å². The van der Waals surface area contributed by atoms with E-state index in [1.54, 1.807) is 26.2 Å². The summed E-state index contributed by atoms with van der Waals surface area (Å²) in [6.45, 7) is 3.40. The van der Waals surface area contributed by atoms with Crippen molar-refractivity contribution < 1.29 is 43.2 Å². The minimum Gasteiger partial charge on any atom is -0.496 e. The van der Waals surface area contributed by atoms with Crippen molar-refractivity contribution in [3.63, 3.8) is 0 Å². The Morgan fingerprint density at radius 1 is 0.824 bits per heavy atom. The summed E-state index contributed by atoms with van der Waals surface area (Å²) in [4.78, 5) is 34.8. The van der Waals surface area contributed by atoms with E-state index in [2.05, 4.69) is 4.90 Å². The van der Waals surface area contributed by atoms with Crippen LogP contribution in [0.4, 0.5) is 4.39 Å². The van der Waals surface area contributed by atoms with E-state index in [-0.39, 0.29) is 11.7 Å². The zero-order valence-corrected chi connectivity index (χ0v) is 19.1. The molecule has 184 valence electrons. The summed E-state index contributed by atoms with van der Waals surface area (Å²) >= 11 is 0. The number of methoxy groups -OCH3 is 3. The molecule has 3 rings (SSSR count). The molecule has 1 aliphatic heterocycles. The number of ether oxygens (including phenoxy) is 3. The van der Waals surface area contributed by atoms with Crippen LogP contribution in [0, 0.1) is 5.82 Å². The van der Waals surface area contributed by atoms with Gasteiger partial charge in [0.05, 0.1) is 21.3 Å². The number of amides is 1. The monoisotopic (exact) mass is 478 g/mol. The molecule has 1 saturated heterocycles. The average molecular weight is 478 g/mol. The maximum Gasteiger partial charge on any atom is 0.414 e. The molecule has 1 aliphatic rings. The number of nitrogens with zero attached hydrogens (tertiary/aromatic N) is 2. The lowest BCUT2D eigenvalue weighted by Crippen LogP contribution is -2.48. The molecule has 0 saturated carbocycles. The molecule has 0 atom stereocenters. The molecule has 10 nitrogen and oxygen atoms in total. The van der Waals surface area contributed by atoms with Gasteiger partial charge in [0.1, 0.15) is 11.6 Å². The van der Waals surface area contributed by atoms with E-state index in [1.165, 1.54) is 24.3 Å². The lowest BCUT2D eigenvalue weighted by molar-refractivity contribution is -0.159. The fourth-order valence-corrected chi connectivity index (χ4v) is 3.34. The molecule has 1 amide bonds. The number of hydrogen-bond acceptors (Lipinski definition) is 7. The second-order valence-corrected chi connectivity index (χ2v) is 7.20. The first-order chi connectivity index (χ1) is 16.2. The normalized spacial score (nSPS) is 13.4. The molecule has 0 aromatic heterocycles. The van der Waals surface area contributed by atoms with Crippen molar-refractivity contribution in [2.24, 2.45) is 0 Å². The van der Waals surface area contributed by atoms with Crippen LogP contribution in [0.5, 0.6) is 17.2 Å². The Morgan fingerprint density at radius 3 is 1.79 bits per heavy atom. The zero-order valence-electron chi connectivity index (χ0n) is 19.1.